The first-order valence-corrected chi connectivity index (χ1v) is 5.78. The number of benzene rings is 1. The number of rotatable bonds is 8. The molecule has 0 bridgehead atoms. The summed E-state index contributed by atoms with van der Waals surface area (Å²) in [5, 5.41) is 10.7. The van der Waals surface area contributed by atoms with E-state index >= 15 is 0 Å². The van der Waals surface area contributed by atoms with Gasteiger partial charge in [-0.05, 0) is 12.0 Å². The molecule has 0 saturated heterocycles. The van der Waals surface area contributed by atoms with E-state index in [0.717, 1.165) is 5.56 Å². The normalized spacial score (nSPS) is 10.0. The molecule has 5 heteroatoms. The lowest BCUT2D eigenvalue weighted by atomic mass is 10.2. The average Bonchev–Trinajstić information content (AvgIpc) is 2.37. The molecule has 0 saturated carbocycles. The highest BCUT2D eigenvalue weighted by Crippen LogP contribution is 2.01. The van der Waals surface area contributed by atoms with Gasteiger partial charge in [-0.25, -0.2) is 0 Å². The smallest absolute Gasteiger partial charge is 0.322 e. The van der Waals surface area contributed by atoms with Crippen LogP contribution in [0.5, 0.6) is 0 Å². The summed E-state index contributed by atoms with van der Waals surface area (Å²) < 4.78 is 5.40. The maximum atomic E-state index is 11.2. The van der Waals surface area contributed by atoms with E-state index in [4.69, 9.17) is 9.84 Å². The number of carboxylic acids is 1. The molecule has 0 aliphatic carbocycles. The molecule has 0 radical (unpaired) electrons. The number of ether oxygens (including phenoxy) is 1. The molecule has 5 nitrogen and oxygen atoms in total. The van der Waals surface area contributed by atoms with Crippen LogP contribution in [0.3, 0.4) is 0 Å². The van der Waals surface area contributed by atoms with E-state index in [1.54, 1.807) is 0 Å². The van der Waals surface area contributed by atoms with Crippen LogP contribution < -0.4 is 5.32 Å². The fourth-order valence-electron chi connectivity index (χ4n) is 1.36. The van der Waals surface area contributed by atoms with E-state index in [1.807, 2.05) is 30.3 Å². The highest BCUT2D eigenvalue weighted by atomic mass is 16.5. The summed E-state index contributed by atoms with van der Waals surface area (Å²) in [5.74, 6) is -1.30. The maximum Gasteiger partial charge on any atom is 0.322 e. The van der Waals surface area contributed by atoms with Crippen molar-refractivity contribution < 1.29 is 19.4 Å². The average molecular weight is 251 g/mol. The molecule has 98 valence electrons. The van der Waals surface area contributed by atoms with Crippen LogP contribution in [0.25, 0.3) is 0 Å². The second kappa shape index (κ2) is 8.25. The molecule has 0 aliphatic rings. The maximum absolute atomic E-state index is 11.2. The molecule has 0 unspecified atom stereocenters. The Morgan fingerprint density at radius 2 is 1.94 bits per heavy atom. The van der Waals surface area contributed by atoms with Gasteiger partial charge in [0.2, 0.25) is 5.91 Å². The number of amides is 1. The minimum atomic E-state index is -1.04. The topological polar surface area (TPSA) is 75.6 Å². The van der Waals surface area contributed by atoms with Gasteiger partial charge in [-0.3, -0.25) is 9.59 Å². The predicted octanol–water partition coefficient (Wildman–Crippen LogP) is 1.18. The van der Waals surface area contributed by atoms with Crippen LogP contribution in [-0.4, -0.2) is 30.1 Å². The van der Waals surface area contributed by atoms with E-state index in [-0.39, 0.29) is 18.9 Å². The molecule has 1 rings (SSSR count). The van der Waals surface area contributed by atoms with Gasteiger partial charge in [0.1, 0.15) is 6.54 Å². The van der Waals surface area contributed by atoms with Crippen LogP contribution in [0.15, 0.2) is 30.3 Å². The first kappa shape index (κ1) is 14.2. The Morgan fingerprint density at radius 3 is 2.61 bits per heavy atom. The van der Waals surface area contributed by atoms with E-state index in [1.165, 1.54) is 0 Å². The molecule has 0 aromatic heterocycles. The van der Waals surface area contributed by atoms with Gasteiger partial charge in [0.15, 0.2) is 0 Å². The van der Waals surface area contributed by atoms with Gasteiger partial charge in [0.25, 0.3) is 0 Å². The highest BCUT2D eigenvalue weighted by Gasteiger charge is 2.03. The van der Waals surface area contributed by atoms with Crippen LogP contribution in [0.2, 0.25) is 0 Å². The van der Waals surface area contributed by atoms with Gasteiger partial charge in [0, 0.05) is 13.0 Å². The number of hydrogen-bond donors (Lipinski definition) is 2. The fraction of sp³-hybridized carbons (Fsp3) is 0.385. The molecule has 1 aromatic carbocycles. The van der Waals surface area contributed by atoms with Gasteiger partial charge in [-0.1, -0.05) is 30.3 Å². The Bertz CT molecular complexity index is 378. The molecule has 18 heavy (non-hydrogen) atoms. The number of aliphatic carboxylic acids is 1. The third kappa shape index (κ3) is 6.65. The fourth-order valence-corrected chi connectivity index (χ4v) is 1.36. The quantitative estimate of drug-likeness (QED) is 0.680. The minimum Gasteiger partial charge on any atom is -0.480 e. The molecule has 0 heterocycles. The monoisotopic (exact) mass is 251 g/mol. The van der Waals surface area contributed by atoms with Crippen LogP contribution in [0, 0.1) is 0 Å². The molecule has 2 N–H and O–H groups in total. The molecule has 0 spiro atoms. The lowest BCUT2D eigenvalue weighted by Crippen LogP contribution is -2.29. The zero-order chi connectivity index (χ0) is 13.2. The predicted molar refractivity (Wildman–Crippen MR) is 66.0 cm³/mol. The summed E-state index contributed by atoms with van der Waals surface area (Å²) in [5.41, 5.74) is 1.09. The van der Waals surface area contributed by atoms with Crippen LogP contribution in [0.1, 0.15) is 18.4 Å². The summed E-state index contributed by atoms with van der Waals surface area (Å²) >= 11 is 0. The van der Waals surface area contributed by atoms with Crippen LogP contribution in [0.4, 0.5) is 0 Å². The second-order valence-electron chi connectivity index (χ2n) is 3.81. The first-order valence-electron chi connectivity index (χ1n) is 5.78. The number of carbonyl (C=O) groups is 2. The molecule has 1 aromatic rings. The lowest BCUT2D eigenvalue weighted by molar-refractivity contribution is -0.138. The van der Waals surface area contributed by atoms with Crippen molar-refractivity contribution >= 4 is 11.9 Å². The van der Waals surface area contributed by atoms with Crippen molar-refractivity contribution in [2.45, 2.75) is 19.4 Å². The third-order valence-corrected chi connectivity index (χ3v) is 2.24. The van der Waals surface area contributed by atoms with E-state index in [2.05, 4.69) is 5.32 Å². The van der Waals surface area contributed by atoms with E-state index in [0.29, 0.717) is 19.6 Å². The zero-order valence-electron chi connectivity index (χ0n) is 10.1. The molecule has 0 atom stereocenters. The summed E-state index contributed by atoms with van der Waals surface area (Å²) in [6, 6.07) is 9.77. The van der Waals surface area contributed by atoms with Crippen molar-refractivity contribution in [1.82, 2.24) is 5.32 Å². The van der Waals surface area contributed by atoms with Gasteiger partial charge in [0.05, 0.1) is 6.61 Å². The Morgan fingerprint density at radius 1 is 1.22 bits per heavy atom. The molecular formula is C13H17NO4. The summed E-state index contributed by atoms with van der Waals surface area (Å²) in [4.78, 5) is 21.3. The molecule has 0 aliphatic heterocycles. The van der Waals surface area contributed by atoms with Gasteiger partial charge >= 0.3 is 5.97 Å². The molecular weight excluding hydrogens is 234 g/mol. The summed E-state index contributed by atoms with van der Waals surface area (Å²) in [6.07, 6.45) is 0.861. The van der Waals surface area contributed by atoms with E-state index in [9.17, 15) is 9.59 Å². The number of hydrogen-bond acceptors (Lipinski definition) is 3. The number of carboxylic acid groups (broad SMARTS) is 1. The highest BCUT2D eigenvalue weighted by molar-refractivity contribution is 5.80. The Labute approximate surface area is 106 Å². The largest absolute Gasteiger partial charge is 0.480 e. The van der Waals surface area contributed by atoms with Gasteiger partial charge in [-0.15, -0.1) is 0 Å². The van der Waals surface area contributed by atoms with Crippen molar-refractivity contribution in [2.24, 2.45) is 0 Å². The Kier molecular flexibility index (Phi) is 6.50. The Hall–Kier alpha value is -1.88. The second-order valence-corrected chi connectivity index (χ2v) is 3.81. The SMILES string of the molecule is O=C(O)CNC(=O)CCCOCc1ccccc1. The van der Waals surface area contributed by atoms with Crippen LogP contribution >= 0.6 is 0 Å². The minimum absolute atomic E-state index is 0.263. The van der Waals surface area contributed by atoms with Crippen molar-refractivity contribution in [3.63, 3.8) is 0 Å². The lowest BCUT2D eigenvalue weighted by Gasteiger charge is -2.04. The van der Waals surface area contributed by atoms with Crippen molar-refractivity contribution in [2.75, 3.05) is 13.2 Å². The third-order valence-electron chi connectivity index (χ3n) is 2.24. The van der Waals surface area contributed by atoms with Crippen LogP contribution in [-0.2, 0) is 20.9 Å². The number of nitrogens with one attached hydrogen (secondary N) is 1. The van der Waals surface area contributed by atoms with Crippen molar-refractivity contribution in [3.05, 3.63) is 35.9 Å². The van der Waals surface area contributed by atoms with Gasteiger partial charge < -0.3 is 15.2 Å². The van der Waals surface area contributed by atoms with E-state index < -0.39 is 5.97 Å². The molecule has 0 fully saturated rings. The van der Waals surface area contributed by atoms with Crippen molar-refractivity contribution in [1.29, 1.82) is 0 Å². The Balaban J connectivity index is 2.02. The summed E-state index contributed by atoms with van der Waals surface area (Å²) in [6.45, 7) is 0.677. The number of carbonyl (C=O) groups excluding carboxylic acids is 1. The summed E-state index contributed by atoms with van der Waals surface area (Å²) in [7, 11) is 0. The first-order chi connectivity index (χ1) is 8.68. The van der Waals surface area contributed by atoms with Crippen molar-refractivity contribution in [3.8, 4) is 0 Å². The standard InChI is InChI=1S/C13H17NO4/c15-12(14-9-13(16)17)7-4-8-18-10-11-5-2-1-3-6-11/h1-3,5-6H,4,7-10H2,(H,14,15)(H,16,17). The molecule has 1 amide bonds. The zero-order valence-corrected chi connectivity index (χ0v) is 10.1. The van der Waals surface area contributed by atoms with Gasteiger partial charge in [-0.2, -0.15) is 0 Å².